The van der Waals surface area contributed by atoms with Gasteiger partial charge >= 0.3 is 12.4 Å². The van der Waals surface area contributed by atoms with E-state index in [9.17, 15) is 53.1 Å². The van der Waals surface area contributed by atoms with Crippen molar-refractivity contribution in [3.05, 3.63) is 112 Å². The van der Waals surface area contributed by atoms with E-state index in [1.54, 1.807) is 4.72 Å². The van der Waals surface area contributed by atoms with Crippen molar-refractivity contribution in [2.75, 3.05) is 11.4 Å². The quantitative estimate of drug-likeness (QED) is 0.224. The van der Waals surface area contributed by atoms with Crippen molar-refractivity contribution in [2.24, 2.45) is 0 Å². The highest BCUT2D eigenvalue weighted by Crippen LogP contribution is 2.39. The van der Waals surface area contributed by atoms with Crippen LogP contribution >= 0.6 is 0 Å². The molecule has 9 nitrogen and oxygen atoms in total. The number of rotatable bonds is 8. The maximum absolute atomic E-state index is 14.0. The van der Waals surface area contributed by atoms with E-state index in [-0.39, 0.29) is 36.6 Å². The summed E-state index contributed by atoms with van der Waals surface area (Å²) in [6.07, 6.45) is -9.69. The summed E-state index contributed by atoms with van der Waals surface area (Å²) in [5.74, 6) is -5.27. The first kappa shape index (κ1) is 34.3. The molecular weight excluding hydrogens is 678 g/mol. The molecule has 1 aliphatic rings. The lowest BCUT2D eigenvalue weighted by Crippen LogP contribution is -2.31. The number of anilines is 1. The molecule has 2 N–H and O–H groups in total. The Balaban J connectivity index is 1.34. The van der Waals surface area contributed by atoms with Crippen LogP contribution in [0.1, 0.15) is 56.1 Å². The van der Waals surface area contributed by atoms with Gasteiger partial charge in [-0.3, -0.25) is 9.59 Å². The third kappa shape index (κ3) is 7.12. The Hall–Kier alpha value is -5.00. The predicted octanol–water partition coefficient (Wildman–Crippen LogP) is 5.83. The topological polar surface area (TPSA) is 113 Å². The minimum absolute atomic E-state index is 0.0600. The van der Waals surface area contributed by atoms with E-state index in [1.165, 1.54) is 48.2 Å². The van der Waals surface area contributed by atoms with E-state index in [2.05, 4.69) is 10.4 Å². The van der Waals surface area contributed by atoms with Crippen LogP contribution in [-0.4, -0.2) is 36.6 Å². The molecule has 1 atom stereocenters. The third-order valence-electron chi connectivity index (χ3n) is 7.38. The summed E-state index contributed by atoms with van der Waals surface area (Å²) in [5.41, 5.74) is -3.00. The molecule has 1 unspecified atom stereocenters. The van der Waals surface area contributed by atoms with Gasteiger partial charge in [0.1, 0.15) is 11.4 Å². The highest BCUT2D eigenvalue weighted by molar-refractivity contribution is 7.90. The maximum atomic E-state index is 14.0. The van der Waals surface area contributed by atoms with Crippen LogP contribution in [0.2, 0.25) is 0 Å². The standard InChI is InChI=1S/C30H23F8N5O4S/c1-16(18-5-7-19(8-6-18)26(44)41-48(46,47)21-9-10-22(31)23(32)14-21)39-27(45)24-25(30(36,37)38)40-43-12-11-42(28(24)43)15-17-3-2-4-20(13-17)29(33,34)35/h2-10,13-14,16H,11-12,15H2,1H3,(H,39,45)(H,41,44). The van der Waals surface area contributed by atoms with Crippen LogP contribution in [0.15, 0.2) is 71.6 Å². The van der Waals surface area contributed by atoms with Crippen molar-refractivity contribution < 1.29 is 53.1 Å². The highest BCUT2D eigenvalue weighted by atomic mass is 32.2. The first-order valence-electron chi connectivity index (χ1n) is 13.9. The van der Waals surface area contributed by atoms with E-state index in [0.717, 1.165) is 22.9 Å². The SMILES string of the molecule is CC(NC(=O)c1c(C(F)(F)F)nn2c1N(Cc1cccc(C(F)(F)F)c1)CC2)c1ccc(C(=O)NS(=O)(=O)c2ccc(F)c(F)c2)cc1. The van der Waals surface area contributed by atoms with Crippen LogP contribution in [0.4, 0.5) is 40.9 Å². The molecule has 0 bridgehead atoms. The van der Waals surface area contributed by atoms with Gasteiger partial charge in [-0.15, -0.1) is 0 Å². The molecule has 0 fully saturated rings. The van der Waals surface area contributed by atoms with Gasteiger partial charge in [0.05, 0.1) is 23.0 Å². The number of fused-ring (bicyclic) bond motifs is 1. The van der Waals surface area contributed by atoms with Gasteiger partial charge in [0.15, 0.2) is 17.3 Å². The molecule has 2 amide bonds. The molecule has 4 aromatic rings. The summed E-state index contributed by atoms with van der Waals surface area (Å²) in [6.45, 7) is 1.20. The monoisotopic (exact) mass is 701 g/mol. The number of halogens is 8. The minimum atomic E-state index is -5.05. The average Bonchev–Trinajstić information content (AvgIpc) is 3.58. The summed E-state index contributed by atoms with van der Waals surface area (Å²) in [4.78, 5) is 26.6. The second-order valence-corrected chi connectivity index (χ2v) is 12.4. The van der Waals surface area contributed by atoms with E-state index in [4.69, 9.17) is 0 Å². The minimum Gasteiger partial charge on any atom is -0.350 e. The second kappa shape index (κ2) is 12.6. The van der Waals surface area contributed by atoms with Gasteiger partial charge in [0.25, 0.3) is 21.8 Å². The van der Waals surface area contributed by atoms with Crippen molar-refractivity contribution in [1.82, 2.24) is 19.8 Å². The lowest BCUT2D eigenvalue weighted by molar-refractivity contribution is -0.142. The van der Waals surface area contributed by atoms with E-state index in [0.29, 0.717) is 17.7 Å². The Morgan fingerprint density at radius 1 is 0.875 bits per heavy atom. The van der Waals surface area contributed by atoms with Gasteiger partial charge in [-0.2, -0.15) is 31.4 Å². The average molecular weight is 702 g/mol. The molecule has 18 heteroatoms. The van der Waals surface area contributed by atoms with E-state index in [1.807, 2.05) is 0 Å². The Bertz CT molecular complexity index is 1990. The molecule has 1 aromatic heterocycles. The molecule has 0 saturated heterocycles. The molecule has 3 aromatic carbocycles. The second-order valence-electron chi connectivity index (χ2n) is 10.7. The molecule has 1 aliphatic heterocycles. The van der Waals surface area contributed by atoms with Crippen molar-refractivity contribution in [3.63, 3.8) is 0 Å². The summed E-state index contributed by atoms with van der Waals surface area (Å²) >= 11 is 0. The molecular formula is C30H23F8N5O4S. The Morgan fingerprint density at radius 2 is 1.56 bits per heavy atom. The van der Waals surface area contributed by atoms with Crippen molar-refractivity contribution in [1.29, 1.82) is 0 Å². The highest BCUT2D eigenvalue weighted by Gasteiger charge is 2.44. The normalized spacial score (nSPS) is 14.1. The van der Waals surface area contributed by atoms with Crippen molar-refractivity contribution in [3.8, 4) is 0 Å². The van der Waals surface area contributed by atoms with E-state index < -0.39 is 73.6 Å². The Kier molecular flexibility index (Phi) is 8.98. The lowest BCUT2D eigenvalue weighted by atomic mass is 10.0. The van der Waals surface area contributed by atoms with Crippen LogP contribution in [0, 0.1) is 11.6 Å². The number of amides is 2. The zero-order valence-electron chi connectivity index (χ0n) is 24.5. The van der Waals surface area contributed by atoms with Gasteiger partial charge in [0.2, 0.25) is 0 Å². The fraction of sp³-hybridized carbons (Fsp3) is 0.233. The number of carbonyl (C=O) groups excluding carboxylic acids is 2. The fourth-order valence-electron chi connectivity index (χ4n) is 5.04. The van der Waals surface area contributed by atoms with Gasteiger partial charge in [-0.25, -0.2) is 26.6 Å². The van der Waals surface area contributed by atoms with Crippen LogP contribution < -0.4 is 14.9 Å². The number of nitrogens with zero attached hydrogens (tertiary/aromatic N) is 3. The third-order valence-corrected chi connectivity index (χ3v) is 8.71. The number of aromatic nitrogens is 2. The molecule has 0 spiro atoms. The number of sulfonamides is 1. The van der Waals surface area contributed by atoms with Gasteiger partial charge in [-0.1, -0.05) is 24.3 Å². The zero-order chi connectivity index (χ0) is 35.2. The molecule has 0 radical (unpaired) electrons. The van der Waals surface area contributed by atoms with Gasteiger partial charge in [0, 0.05) is 18.7 Å². The number of benzene rings is 3. The largest absolute Gasteiger partial charge is 0.436 e. The molecule has 0 aliphatic carbocycles. The molecule has 0 saturated carbocycles. The fourth-order valence-corrected chi connectivity index (χ4v) is 6.02. The van der Waals surface area contributed by atoms with Gasteiger partial charge < -0.3 is 10.2 Å². The van der Waals surface area contributed by atoms with Crippen LogP contribution in [0.25, 0.3) is 0 Å². The van der Waals surface area contributed by atoms with Crippen molar-refractivity contribution >= 4 is 27.7 Å². The lowest BCUT2D eigenvalue weighted by Gasteiger charge is -2.21. The number of nitrogens with one attached hydrogen (secondary N) is 2. The smallest absolute Gasteiger partial charge is 0.350 e. The van der Waals surface area contributed by atoms with Crippen LogP contribution in [0.5, 0.6) is 0 Å². The Morgan fingerprint density at radius 3 is 2.19 bits per heavy atom. The number of alkyl halides is 6. The summed E-state index contributed by atoms with van der Waals surface area (Å²) in [7, 11) is -4.59. The zero-order valence-corrected chi connectivity index (χ0v) is 25.3. The summed E-state index contributed by atoms with van der Waals surface area (Å²) < 4.78 is 136. The number of hydrogen-bond donors (Lipinski definition) is 2. The number of hydrogen-bond acceptors (Lipinski definition) is 6. The summed E-state index contributed by atoms with van der Waals surface area (Å²) in [5, 5.41) is 6.02. The Labute approximate surface area is 267 Å². The summed E-state index contributed by atoms with van der Waals surface area (Å²) in [6, 6.07) is 9.98. The molecule has 48 heavy (non-hydrogen) atoms. The first-order valence-corrected chi connectivity index (χ1v) is 15.4. The molecule has 5 rings (SSSR count). The van der Waals surface area contributed by atoms with Gasteiger partial charge in [-0.05, 0) is 60.5 Å². The number of carbonyl (C=O) groups is 2. The molecule has 2 heterocycles. The first-order chi connectivity index (χ1) is 22.3. The molecule has 254 valence electrons. The van der Waals surface area contributed by atoms with Crippen LogP contribution in [0.3, 0.4) is 0 Å². The predicted molar refractivity (Wildman–Crippen MR) is 153 cm³/mol. The maximum Gasteiger partial charge on any atom is 0.436 e. The van der Waals surface area contributed by atoms with Crippen molar-refractivity contribution in [2.45, 2.75) is 43.3 Å². The van der Waals surface area contributed by atoms with E-state index >= 15 is 0 Å². The van der Waals surface area contributed by atoms with Crippen LogP contribution in [-0.2, 0) is 35.5 Å².